The Bertz CT molecular complexity index is 669. The van der Waals surface area contributed by atoms with Gasteiger partial charge >= 0.3 is 6.03 Å². The molecule has 0 radical (unpaired) electrons. The Morgan fingerprint density at radius 3 is 2.43 bits per heavy atom. The molecule has 2 N–H and O–H groups in total. The van der Waals surface area contributed by atoms with Crippen LogP contribution < -0.4 is 10.6 Å². The minimum atomic E-state index is -0.591. The Balaban J connectivity index is 1.42. The zero-order valence-electron chi connectivity index (χ0n) is 16.5. The summed E-state index contributed by atoms with van der Waals surface area (Å²) in [5.41, 5.74) is 1.09. The highest BCUT2D eigenvalue weighted by molar-refractivity contribution is 6.04. The zero-order chi connectivity index (χ0) is 19.8. The van der Waals surface area contributed by atoms with Gasteiger partial charge in [-0.15, -0.1) is 0 Å². The molecule has 1 aliphatic heterocycles. The number of imide groups is 1. The summed E-state index contributed by atoms with van der Waals surface area (Å²) < 4.78 is 0. The van der Waals surface area contributed by atoms with Gasteiger partial charge in [0.25, 0.3) is 5.91 Å². The van der Waals surface area contributed by atoms with E-state index in [2.05, 4.69) is 10.6 Å². The standard InChI is InChI=1S/C22H31N3O3/c26-20(23-18-11-7-2-1-3-8-12-18)14-13-19-21(27)25(22(28)24-19)16-15-17-9-5-4-6-10-17/h4-6,9-10,18-19H,1-3,7-8,11-16H2,(H,23,26)(H,24,28)/t19-/m0/s1. The van der Waals surface area contributed by atoms with Crippen molar-refractivity contribution in [2.24, 2.45) is 0 Å². The van der Waals surface area contributed by atoms with E-state index in [0.717, 1.165) is 18.4 Å². The highest BCUT2D eigenvalue weighted by Crippen LogP contribution is 2.18. The number of carbonyl (C=O) groups excluding carboxylic acids is 3. The van der Waals surface area contributed by atoms with Crippen LogP contribution in [0.4, 0.5) is 4.79 Å². The average Bonchev–Trinajstić information content (AvgIpc) is 2.94. The number of nitrogens with zero attached hydrogens (tertiary/aromatic N) is 1. The van der Waals surface area contributed by atoms with Crippen molar-refractivity contribution in [2.75, 3.05) is 6.54 Å². The molecule has 2 aliphatic rings. The Morgan fingerprint density at radius 1 is 1.04 bits per heavy atom. The molecule has 28 heavy (non-hydrogen) atoms. The second-order valence-electron chi connectivity index (χ2n) is 7.88. The molecule has 1 saturated heterocycles. The molecule has 0 spiro atoms. The van der Waals surface area contributed by atoms with Crippen molar-refractivity contribution in [3.63, 3.8) is 0 Å². The molecule has 1 aromatic rings. The quantitative estimate of drug-likeness (QED) is 0.708. The molecule has 1 aliphatic carbocycles. The molecule has 6 nitrogen and oxygen atoms in total. The Morgan fingerprint density at radius 2 is 1.71 bits per heavy atom. The summed E-state index contributed by atoms with van der Waals surface area (Å²) in [5.74, 6) is -0.241. The third-order valence-corrected chi connectivity index (χ3v) is 5.70. The van der Waals surface area contributed by atoms with Crippen LogP contribution in [0.2, 0.25) is 0 Å². The van der Waals surface area contributed by atoms with Crippen molar-refractivity contribution < 1.29 is 14.4 Å². The summed E-state index contributed by atoms with van der Waals surface area (Å²) in [4.78, 5) is 38.2. The fourth-order valence-corrected chi connectivity index (χ4v) is 4.05. The maximum Gasteiger partial charge on any atom is 0.324 e. The van der Waals surface area contributed by atoms with Crippen molar-refractivity contribution in [1.82, 2.24) is 15.5 Å². The van der Waals surface area contributed by atoms with Gasteiger partial charge in [0.1, 0.15) is 6.04 Å². The summed E-state index contributed by atoms with van der Waals surface area (Å²) in [5, 5.41) is 5.84. The first-order valence-corrected chi connectivity index (χ1v) is 10.6. The van der Waals surface area contributed by atoms with Gasteiger partial charge in [0.05, 0.1) is 0 Å². The van der Waals surface area contributed by atoms with Crippen LogP contribution in [0.15, 0.2) is 30.3 Å². The molecule has 1 aromatic carbocycles. The SMILES string of the molecule is O=C(CC[C@@H]1NC(=O)N(CCc2ccccc2)C1=O)NC1CCCCCCC1. The molecule has 0 bridgehead atoms. The Kier molecular flexibility index (Phi) is 7.46. The lowest BCUT2D eigenvalue weighted by molar-refractivity contribution is -0.127. The third kappa shape index (κ3) is 5.81. The lowest BCUT2D eigenvalue weighted by atomic mass is 9.96. The first-order valence-electron chi connectivity index (χ1n) is 10.6. The number of nitrogens with one attached hydrogen (secondary N) is 2. The van der Waals surface area contributed by atoms with Crippen LogP contribution in [-0.4, -0.2) is 41.4 Å². The van der Waals surface area contributed by atoms with Crippen LogP contribution in [-0.2, 0) is 16.0 Å². The van der Waals surface area contributed by atoms with Crippen LogP contribution in [0.5, 0.6) is 0 Å². The van der Waals surface area contributed by atoms with Gasteiger partial charge in [-0.1, -0.05) is 62.4 Å². The Labute approximate surface area is 167 Å². The van der Waals surface area contributed by atoms with Crippen LogP contribution in [0, 0.1) is 0 Å². The Hall–Kier alpha value is -2.37. The maximum absolute atomic E-state index is 12.5. The highest BCUT2D eigenvalue weighted by Gasteiger charge is 2.37. The van der Waals surface area contributed by atoms with Gasteiger partial charge in [-0.2, -0.15) is 0 Å². The van der Waals surface area contributed by atoms with E-state index in [1.54, 1.807) is 0 Å². The fraction of sp³-hybridized carbons (Fsp3) is 0.591. The van der Waals surface area contributed by atoms with Crippen LogP contribution in [0.3, 0.4) is 0 Å². The van der Waals surface area contributed by atoms with Gasteiger partial charge in [-0.25, -0.2) is 4.79 Å². The number of urea groups is 1. The third-order valence-electron chi connectivity index (χ3n) is 5.70. The van der Waals surface area contributed by atoms with Gasteiger partial charge in [0.15, 0.2) is 0 Å². The molecule has 0 unspecified atom stereocenters. The summed E-state index contributed by atoms with van der Waals surface area (Å²) in [7, 11) is 0. The molecule has 2 fully saturated rings. The molecular weight excluding hydrogens is 354 g/mol. The predicted octanol–water partition coefficient (Wildman–Crippen LogP) is 3.16. The lowest BCUT2D eigenvalue weighted by Crippen LogP contribution is -2.37. The van der Waals surface area contributed by atoms with E-state index < -0.39 is 6.04 Å². The second-order valence-corrected chi connectivity index (χ2v) is 7.88. The lowest BCUT2D eigenvalue weighted by Gasteiger charge is -2.21. The molecule has 152 valence electrons. The maximum atomic E-state index is 12.5. The molecular formula is C22H31N3O3. The smallest absolute Gasteiger partial charge is 0.324 e. The molecule has 4 amide bonds. The van der Waals surface area contributed by atoms with Crippen molar-refractivity contribution >= 4 is 17.8 Å². The van der Waals surface area contributed by atoms with Gasteiger partial charge in [-0.05, 0) is 31.2 Å². The molecule has 6 heteroatoms. The average molecular weight is 386 g/mol. The molecule has 3 rings (SSSR count). The summed E-state index contributed by atoms with van der Waals surface area (Å²) in [6.07, 6.45) is 9.44. The van der Waals surface area contributed by atoms with Crippen molar-refractivity contribution in [3.8, 4) is 0 Å². The van der Waals surface area contributed by atoms with Crippen molar-refractivity contribution in [3.05, 3.63) is 35.9 Å². The van der Waals surface area contributed by atoms with E-state index >= 15 is 0 Å². The number of amides is 4. The summed E-state index contributed by atoms with van der Waals surface area (Å²) in [6.45, 7) is 0.361. The fourth-order valence-electron chi connectivity index (χ4n) is 4.05. The van der Waals surface area contributed by atoms with Crippen LogP contribution >= 0.6 is 0 Å². The zero-order valence-corrected chi connectivity index (χ0v) is 16.5. The van der Waals surface area contributed by atoms with Gasteiger partial charge in [0.2, 0.25) is 5.91 Å². The minimum absolute atomic E-state index is 0.0182. The number of benzene rings is 1. The van der Waals surface area contributed by atoms with Crippen LogP contribution in [0.25, 0.3) is 0 Å². The number of hydrogen-bond acceptors (Lipinski definition) is 3. The monoisotopic (exact) mass is 385 g/mol. The predicted molar refractivity (Wildman–Crippen MR) is 108 cm³/mol. The minimum Gasteiger partial charge on any atom is -0.353 e. The van der Waals surface area contributed by atoms with E-state index in [0.29, 0.717) is 19.4 Å². The first kappa shape index (κ1) is 20.4. The molecule has 1 saturated carbocycles. The van der Waals surface area contributed by atoms with E-state index in [-0.39, 0.29) is 30.3 Å². The summed E-state index contributed by atoms with van der Waals surface area (Å²) in [6, 6.07) is 9.10. The van der Waals surface area contributed by atoms with Gasteiger partial charge < -0.3 is 10.6 Å². The second kappa shape index (κ2) is 10.2. The topological polar surface area (TPSA) is 78.5 Å². The van der Waals surface area contributed by atoms with Gasteiger partial charge in [0, 0.05) is 19.0 Å². The number of carbonyl (C=O) groups is 3. The van der Waals surface area contributed by atoms with E-state index in [4.69, 9.17) is 0 Å². The molecule has 1 atom stereocenters. The van der Waals surface area contributed by atoms with Gasteiger partial charge in [-0.3, -0.25) is 14.5 Å². The highest BCUT2D eigenvalue weighted by atomic mass is 16.2. The van der Waals surface area contributed by atoms with E-state index in [9.17, 15) is 14.4 Å². The van der Waals surface area contributed by atoms with E-state index in [1.165, 1.54) is 37.0 Å². The van der Waals surface area contributed by atoms with E-state index in [1.807, 2.05) is 30.3 Å². The normalized spacial score (nSPS) is 21.1. The summed E-state index contributed by atoms with van der Waals surface area (Å²) >= 11 is 0. The van der Waals surface area contributed by atoms with Crippen LogP contribution in [0.1, 0.15) is 63.4 Å². The number of hydrogen-bond donors (Lipinski definition) is 2. The number of rotatable bonds is 7. The van der Waals surface area contributed by atoms with Crippen molar-refractivity contribution in [2.45, 2.75) is 76.3 Å². The van der Waals surface area contributed by atoms with Crippen molar-refractivity contribution in [1.29, 1.82) is 0 Å². The molecule has 0 aromatic heterocycles. The largest absolute Gasteiger partial charge is 0.353 e. The molecule has 1 heterocycles. The first-order chi connectivity index (χ1) is 13.6.